The molecule has 0 bridgehead atoms. The minimum Gasteiger partial charge on any atom is -0.482 e. The first-order valence-corrected chi connectivity index (χ1v) is 6.24. The van der Waals surface area contributed by atoms with Gasteiger partial charge in [0, 0.05) is 6.54 Å². The molecule has 0 saturated heterocycles. The van der Waals surface area contributed by atoms with Crippen LogP contribution in [0.5, 0.6) is 5.75 Å². The van der Waals surface area contributed by atoms with Crippen LogP contribution in [-0.4, -0.2) is 30.3 Å². The maximum atomic E-state index is 11.4. The van der Waals surface area contributed by atoms with Crippen molar-refractivity contribution in [1.29, 1.82) is 0 Å². The monoisotopic (exact) mass is 271 g/mol. The molecule has 100 valence electrons. The summed E-state index contributed by atoms with van der Waals surface area (Å²) in [4.78, 5) is 11.4. The molecular weight excluding hydrogens is 254 g/mol. The summed E-state index contributed by atoms with van der Waals surface area (Å²) in [5.41, 5.74) is 1.01. The lowest BCUT2D eigenvalue weighted by atomic mass is 10.2. The summed E-state index contributed by atoms with van der Waals surface area (Å²) < 4.78 is 5.32. The number of hydrogen-bond acceptors (Lipinski definition) is 3. The molecule has 0 aliphatic carbocycles. The molecule has 0 heterocycles. The first kappa shape index (κ1) is 14.8. The first-order chi connectivity index (χ1) is 8.52. The SMILES string of the molecule is CCC(O)CNC(=O)COc1cc(C)ccc1Cl. The van der Waals surface area contributed by atoms with Crippen LogP contribution in [0.4, 0.5) is 0 Å². The van der Waals surface area contributed by atoms with Gasteiger partial charge in [-0.3, -0.25) is 4.79 Å². The fourth-order valence-corrected chi connectivity index (χ4v) is 1.46. The van der Waals surface area contributed by atoms with Gasteiger partial charge in [0.15, 0.2) is 6.61 Å². The Morgan fingerprint density at radius 3 is 2.94 bits per heavy atom. The van der Waals surface area contributed by atoms with E-state index in [1.54, 1.807) is 12.1 Å². The van der Waals surface area contributed by atoms with Gasteiger partial charge in [-0.15, -0.1) is 0 Å². The first-order valence-electron chi connectivity index (χ1n) is 5.86. The number of aliphatic hydroxyl groups excluding tert-OH is 1. The molecule has 0 fully saturated rings. The summed E-state index contributed by atoms with van der Waals surface area (Å²) in [6, 6.07) is 5.37. The summed E-state index contributed by atoms with van der Waals surface area (Å²) >= 11 is 5.93. The molecule has 4 nitrogen and oxygen atoms in total. The van der Waals surface area contributed by atoms with E-state index in [1.807, 2.05) is 19.9 Å². The van der Waals surface area contributed by atoms with Gasteiger partial charge >= 0.3 is 0 Å². The Balaban J connectivity index is 2.40. The van der Waals surface area contributed by atoms with E-state index in [-0.39, 0.29) is 19.1 Å². The molecule has 2 N–H and O–H groups in total. The summed E-state index contributed by atoms with van der Waals surface area (Å²) in [6.07, 6.45) is 0.0849. The zero-order chi connectivity index (χ0) is 13.5. The average molecular weight is 272 g/mol. The van der Waals surface area contributed by atoms with E-state index in [2.05, 4.69) is 5.32 Å². The van der Waals surface area contributed by atoms with Crippen molar-refractivity contribution in [2.45, 2.75) is 26.4 Å². The highest BCUT2D eigenvalue weighted by molar-refractivity contribution is 6.32. The zero-order valence-electron chi connectivity index (χ0n) is 10.6. The smallest absolute Gasteiger partial charge is 0.258 e. The van der Waals surface area contributed by atoms with E-state index in [9.17, 15) is 9.90 Å². The van der Waals surface area contributed by atoms with Crippen molar-refractivity contribution < 1.29 is 14.6 Å². The highest BCUT2D eigenvalue weighted by atomic mass is 35.5. The van der Waals surface area contributed by atoms with Crippen molar-refractivity contribution in [3.63, 3.8) is 0 Å². The van der Waals surface area contributed by atoms with Gasteiger partial charge < -0.3 is 15.2 Å². The van der Waals surface area contributed by atoms with E-state index in [4.69, 9.17) is 16.3 Å². The number of carbonyl (C=O) groups is 1. The third-order valence-electron chi connectivity index (χ3n) is 2.45. The molecule has 1 amide bonds. The lowest BCUT2D eigenvalue weighted by Gasteiger charge is -2.11. The van der Waals surface area contributed by atoms with Crippen molar-refractivity contribution >= 4 is 17.5 Å². The maximum Gasteiger partial charge on any atom is 0.258 e. The minimum atomic E-state index is -0.517. The van der Waals surface area contributed by atoms with Gasteiger partial charge in [0.05, 0.1) is 11.1 Å². The number of nitrogens with one attached hydrogen (secondary N) is 1. The van der Waals surface area contributed by atoms with Crippen LogP contribution in [-0.2, 0) is 4.79 Å². The molecule has 0 aromatic heterocycles. The molecule has 1 atom stereocenters. The Hall–Kier alpha value is -1.26. The number of aliphatic hydroxyl groups is 1. The van der Waals surface area contributed by atoms with Crippen molar-refractivity contribution in [3.05, 3.63) is 28.8 Å². The number of benzene rings is 1. The van der Waals surface area contributed by atoms with Crippen LogP contribution >= 0.6 is 11.6 Å². The van der Waals surface area contributed by atoms with Gasteiger partial charge in [-0.05, 0) is 31.0 Å². The molecule has 1 aromatic carbocycles. The standard InChI is InChI=1S/C13H18ClNO3/c1-3-10(16)7-15-13(17)8-18-12-6-9(2)4-5-11(12)14/h4-6,10,16H,3,7-8H2,1-2H3,(H,15,17). The minimum absolute atomic E-state index is 0.112. The second-order valence-electron chi connectivity index (χ2n) is 4.09. The third kappa shape index (κ3) is 4.94. The fraction of sp³-hybridized carbons (Fsp3) is 0.462. The Morgan fingerprint density at radius 2 is 2.28 bits per heavy atom. The quantitative estimate of drug-likeness (QED) is 0.831. The Bertz CT molecular complexity index is 409. The predicted molar refractivity (Wildman–Crippen MR) is 71.0 cm³/mol. The van der Waals surface area contributed by atoms with Crippen LogP contribution in [0.25, 0.3) is 0 Å². The molecule has 1 aromatic rings. The topological polar surface area (TPSA) is 58.6 Å². The zero-order valence-corrected chi connectivity index (χ0v) is 11.3. The lowest BCUT2D eigenvalue weighted by molar-refractivity contribution is -0.123. The van der Waals surface area contributed by atoms with Gasteiger partial charge in [0.2, 0.25) is 0 Å². The van der Waals surface area contributed by atoms with Crippen LogP contribution in [0.2, 0.25) is 5.02 Å². The number of halogens is 1. The Morgan fingerprint density at radius 1 is 1.56 bits per heavy atom. The predicted octanol–water partition coefficient (Wildman–Crippen LogP) is 1.91. The molecule has 0 saturated carbocycles. The third-order valence-corrected chi connectivity index (χ3v) is 2.76. The van der Waals surface area contributed by atoms with Crippen molar-refractivity contribution in [2.24, 2.45) is 0 Å². The Labute approximate surface area is 112 Å². The van der Waals surface area contributed by atoms with E-state index in [0.717, 1.165) is 5.56 Å². The summed E-state index contributed by atoms with van der Waals surface area (Å²) in [5.74, 6) is 0.211. The molecule has 0 aliphatic heterocycles. The van der Waals surface area contributed by atoms with Gasteiger partial charge in [0.25, 0.3) is 5.91 Å². The molecule has 0 aliphatic rings. The maximum absolute atomic E-state index is 11.4. The summed E-state index contributed by atoms with van der Waals surface area (Å²) in [7, 11) is 0. The molecular formula is C13H18ClNO3. The van der Waals surface area contributed by atoms with Crippen molar-refractivity contribution in [3.8, 4) is 5.75 Å². The highest BCUT2D eigenvalue weighted by Crippen LogP contribution is 2.24. The largest absolute Gasteiger partial charge is 0.482 e. The van der Waals surface area contributed by atoms with E-state index < -0.39 is 6.10 Å². The normalized spacial score (nSPS) is 12.0. The highest BCUT2D eigenvalue weighted by Gasteiger charge is 2.07. The molecule has 1 rings (SSSR count). The number of aryl methyl sites for hydroxylation is 1. The molecule has 5 heteroatoms. The van der Waals surface area contributed by atoms with Crippen LogP contribution in [0.15, 0.2) is 18.2 Å². The van der Waals surface area contributed by atoms with Gasteiger partial charge in [0.1, 0.15) is 5.75 Å². The lowest BCUT2D eigenvalue weighted by Crippen LogP contribution is -2.35. The van der Waals surface area contributed by atoms with E-state index in [1.165, 1.54) is 0 Å². The number of hydrogen-bond donors (Lipinski definition) is 2. The average Bonchev–Trinajstić information content (AvgIpc) is 2.36. The molecule has 0 spiro atoms. The molecule has 1 unspecified atom stereocenters. The summed E-state index contributed by atoms with van der Waals surface area (Å²) in [5, 5.41) is 12.4. The number of carbonyl (C=O) groups excluding carboxylic acids is 1. The van der Waals surface area contributed by atoms with Crippen LogP contribution < -0.4 is 10.1 Å². The van der Waals surface area contributed by atoms with E-state index in [0.29, 0.717) is 17.2 Å². The van der Waals surface area contributed by atoms with Gasteiger partial charge in [-0.25, -0.2) is 0 Å². The number of ether oxygens (including phenoxy) is 1. The second kappa shape index (κ2) is 7.24. The number of rotatable bonds is 6. The van der Waals surface area contributed by atoms with Gasteiger partial charge in [-0.2, -0.15) is 0 Å². The Kier molecular flexibility index (Phi) is 5.95. The van der Waals surface area contributed by atoms with Gasteiger partial charge in [-0.1, -0.05) is 24.6 Å². The molecule has 0 radical (unpaired) electrons. The fourth-order valence-electron chi connectivity index (χ4n) is 1.29. The van der Waals surface area contributed by atoms with Crippen LogP contribution in [0.1, 0.15) is 18.9 Å². The van der Waals surface area contributed by atoms with Crippen LogP contribution in [0.3, 0.4) is 0 Å². The van der Waals surface area contributed by atoms with Crippen molar-refractivity contribution in [1.82, 2.24) is 5.32 Å². The second-order valence-corrected chi connectivity index (χ2v) is 4.50. The van der Waals surface area contributed by atoms with E-state index >= 15 is 0 Å². The molecule has 18 heavy (non-hydrogen) atoms. The van der Waals surface area contributed by atoms with Crippen LogP contribution in [0, 0.1) is 6.92 Å². The number of amides is 1. The summed E-state index contributed by atoms with van der Waals surface area (Å²) in [6.45, 7) is 3.89. The van der Waals surface area contributed by atoms with Crippen molar-refractivity contribution in [2.75, 3.05) is 13.2 Å².